The van der Waals surface area contributed by atoms with Crippen molar-refractivity contribution < 1.29 is 16.8 Å². The number of aromatic nitrogens is 1. The van der Waals surface area contributed by atoms with Crippen LogP contribution in [0.25, 0.3) is 0 Å². The molecule has 1 aromatic rings. The van der Waals surface area contributed by atoms with E-state index in [1.165, 1.54) is 16.4 Å². The van der Waals surface area contributed by atoms with E-state index in [2.05, 4.69) is 10.3 Å². The maximum Gasteiger partial charge on any atom is 0.244 e. The predicted octanol–water partition coefficient (Wildman–Crippen LogP) is 0.638. The van der Waals surface area contributed by atoms with Gasteiger partial charge in [0.25, 0.3) is 0 Å². The Morgan fingerprint density at radius 2 is 1.87 bits per heavy atom. The molecule has 0 unspecified atom stereocenters. The largest absolute Gasteiger partial charge is 0.317 e. The number of pyridine rings is 1. The first-order valence-electron chi connectivity index (χ1n) is 7.65. The van der Waals surface area contributed by atoms with Gasteiger partial charge in [-0.05, 0) is 44.5 Å². The van der Waals surface area contributed by atoms with Crippen LogP contribution in [0.3, 0.4) is 0 Å². The molecule has 0 aliphatic carbocycles. The van der Waals surface area contributed by atoms with Crippen LogP contribution in [0.2, 0.25) is 0 Å². The van der Waals surface area contributed by atoms with E-state index in [-0.39, 0.29) is 16.0 Å². The number of hydrogen-bond acceptors (Lipinski definition) is 6. The molecule has 0 radical (unpaired) electrons. The number of sulfone groups is 1. The highest BCUT2D eigenvalue weighted by atomic mass is 32.2. The molecule has 7 nitrogen and oxygen atoms in total. The number of hydrogen-bond donors (Lipinski definition) is 1. The van der Waals surface area contributed by atoms with Gasteiger partial charge in [0.2, 0.25) is 10.0 Å². The van der Waals surface area contributed by atoms with Crippen molar-refractivity contribution in [3.63, 3.8) is 0 Å². The van der Waals surface area contributed by atoms with Crippen molar-refractivity contribution in [3.05, 3.63) is 18.3 Å². The Bertz CT molecular complexity index is 724. The summed E-state index contributed by atoms with van der Waals surface area (Å²) in [5.74, 6) is 0. The molecule has 0 atom stereocenters. The van der Waals surface area contributed by atoms with Crippen LogP contribution in [0.5, 0.6) is 0 Å². The monoisotopic (exact) mass is 361 g/mol. The molecule has 0 saturated carbocycles. The SMILES string of the molecule is CCCN(C1CCNCC1)S(=O)(=O)c1ccc(S(C)(=O)=O)nc1. The number of nitrogens with one attached hydrogen (secondary N) is 1. The molecule has 23 heavy (non-hydrogen) atoms. The molecule has 1 saturated heterocycles. The fourth-order valence-electron chi connectivity index (χ4n) is 2.69. The van der Waals surface area contributed by atoms with Crippen LogP contribution < -0.4 is 5.32 Å². The molecule has 1 fully saturated rings. The Morgan fingerprint density at radius 3 is 2.35 bits per heavy atom. The lowest BCUT2D eigenvalue weighted by atomic mass is 10.1. The van der Waals surface area contributed by atoms with Crippen LogP contribution in [0.15, 0.2) is 28.3 Å². The second-order valence-electron chi connectivity index (χ2n) is 5.70. The van der Waals surface area contributed by atoms with Crippen molar-refractivity contribution in [2.75, 3.05) is 25.9 Å². The van der Waals surface area contributed by atoms with Crippen molar-refractivity contribution in [2.24, 2.45) is 0 Å². The van der Waals surface area contributed by atoms with Crippen molar-refractivity contribution in [1.29, 1.82) is 0 Å². The molecule has 0 spiro atoms. The standard InChI is InChI=1S/C14H23N3O4S2/c1-3-10-17(12-6-8-15-9-7-12)23(20,21)13-4-5-14(16-11-13)22(2,18)19/h4-5,11-12,15H,3,6-10H2,1-2H3. The maximum absolute atomic E-state index is 12.9. The normalized spacial score (nSPS) is 17.5. The van der Waals surface area contributed by atoms with Gasteiger partial charge in [0.15, 0.2) is 14.9 Å². The Labute approximate surface area is 138 Å². The van der Waals surface area contributed by atoms with Crippen LogP contribution in [-0.2, 0) is 19.9 Å². The van der Waals surface area contributed by atoms with Gasteiger partial charge in [-0.25, -0.2) is 21.8 Å². The van der Waals surface area contributed by atoms with E-state index in [4.69, 9.17) is 0 Å². The number of nitrogens with zero attached hydrogens (tertiary/aromatic N) is 2. The average molecular weight is 361 g/mol. The van der Waals surface area contributed by atoms with Crippen molar-refractivity contribution in [3.8, 4) is 0 Å². The number of piperidine rings is 1. The first-order chi connectivity index (χ1) is 10.8. The fraction of sp³-hybridized carbons (Fsp3) is 0.643. The summed E-state index contributed by atoms with van der Waals surface area (Å²) < 4.78 is 50.2. The highest BCUT2D eigenvalue weighted by molar-refractivity contribution is 7.90. The Balaban J connectivity index is 2.33. The van der Waals surface area contributed by atoms with E-state index < -0.39 is 19.9 Å². The third-order valence-electron chi connectivity index (χ3n) is 3.86. The van der Waals surface area contributed by atoms with Crippen LogP contribution in [0.4, 0.5) is 0 Å². The predicted molar refractivity (Wildman–Crippen MR) is 87.4 cm³/mol. The van der Waals surface area contributed by atoms with Gasteiger partial charge in [0, 0.05) is 25.0 Å². The van der Waals surface area contributed by atoms with Crippen molar-refractivity contribution in [2.45, 2.75) is 42.1 Å². The first-order valence-corrected chi connectivity index (χ1v) is 11.0. The molecule has 1 aromatic heterocycles. The molecule has 2 rings (SSSR count). The lowest BCUT2D eigenvalue weighted by Crippen LogP contribution is -2.46. The minimum Gasteiger partial charge on any atom is -0.317 e. The maximum atomic E-state index is 12.9. The number of sulfonamides is 1. The van der Waals surface area contributed by atoms with E-state index in [1.54, 1.807) is 0 Å². The Kier molecular flexibility index (Phi) is 5.77. The van der Waals surface area contributed by atoms with Crippen LogP contribution in [0, 0.1) is 0 Å². The zero-order valence-corrected chi connectivity index (χ0v) is 15.0. The molecule has 1 N–H and O–H groups in total. The summed E-state index contributed by atoms with van der Waals surface area (Å²) in [5.41, 5.74) is 0. The molecule has 9 heteroatoms. The minimum absolute atomic E-state index is 0.0317. The summed E-state index contributed by atoms with van der Waals surface area (Å²) >= 11 is 0. The van der Waals surface area contributed by atoms with E-state index in [9.17, 15) is 16.8 Å². The topological polar surface area (TPSA) is 96.4 Å². The van der Waals surface area contributed by atoms with Gasteiger partial charge in [0.05, 0.1) is 0 Å². The van der Waals surface area contributed by atoms with Gasteiger partial charge < -0.3 is 5.32 Å². The van der Waals surface area contributed by atoms with Gasteiger partial charge in [0.1, 0.15) is 4.90 Å². The Morgan fingerprint density at radius 1 is 1.22 bits per heavy atom. The minimum atomic E-state index is -3.68. The molecular formula is C14H23N3O4S2. The van der Waals surface area contributed by atoms with Crippen LogP contribution in [-0.4, -0.2) is 58.1 Å². The number of rotatable bonds is 6. The molecule has 2 heterocycles. The van der Waals surface area contributed by atoms with Gasteiger partial charge in [-0.15, -0.1) is 0 Å². The molecule has 1 aliphatic rings. The summed E-state index contributed by atoms with van der Waals surface area (Å²) in [7, 11) is -7.12. The third-order valence-corrected chi connectivity index (χ3v) is 6.79. The Hall–Kier alpha value is -1.03. The summed E-state index contributed by atoms with van der Waals surface area (Å²) in [4.78, 5) is 3.84. The van der Waals surface area contributed by atoms with Crippen LogP contribution in [0.1, 0.15) is 26.2 Å². The average Bonchev–Trinajstić information content (AvgIpc) is 2.52. The molecule has 0 amide bonds. The summed E-state index contributed by atoms with van der Waals surface area (Å²) in [5, 5.41) is 3.10. The van der Waals surface area contributed by atoms with E-state index in [0.717, 1.165) is 44.8 Å². The smallest absolute Gasteiger partial charge is 0.244 e. The highest BCUT2D eigenvalue weighted by Crippen LogP contribution is 2.23. The quantitative estimate of drug-likeness (QED) is 0.799. The van der Waals surface area contributed by atoms with Gasteiger partial charge in [-0.1, -0.05) is 6.92 Å². The van der Waals surface area contributed by atoms with Gasteiger partial charge >= 0.3 is 0 Å². The van der Waals surface area contributed by atoms with E-state index >= 15 is 0 Å². The van der Waals surface area contributed by atoms with Crippen molar-refractivity contribution >= 4 is 19.9 Å². The summed E-state index contributed by atoms with van der Waals surface area (Å²) in [6.45, 7) is 3.98. The second kappa shape index (κ2) is 7.25. The zero-order valence-electron chi connectivity index (χ0n) is 13.4. The summed E-state index contributed by atoms with van der Waals surface area (Å²) in [6, 6.07) is 2.54. The zero-order chi connectivity index (χ0) is 17.1. The van der Waals surface area contributed by atoms with Gasteiger partial charge in [-0.2, -0.15) is 4.31 Å². The summed E-state index contributed by atoms with van der Waals surface area (Å²) in [6.07, 6.45) is 4.44. The van der Waals surface area contributed by atoms with Crippen LogP contribution >= 0.6 is 0 Å². The lowest BCUT2D eigenvalue weighted by Gasteiger charge is -2.33. The van der Waals surface area contributed by atoms with Crippen molar-refractivity contribution in [1.82, 2.24) is 14.6 Å². The fourth-order valence-corrected chi connectivity index (χ4v) is 4.97. The highest BCUT2D eigenvalue weighted by Gasteiger charge is 2.32. The molecular weight excluding hydrogens is 338 g/mol. The molecule has 130 valence electrons. The third kappa shape index (κ3) is 4.28. The van der Waals surface area contributed by atoms with E-state index in [0.29, 0.717) is 6.54 Å². The second-order valence-corrected chi connectivity index (χ2v) is 9.55. The molecule has 0 aromatic carbocycles. The molecule has 0 bridgehead atoms. The lowest BCUT2D eigenvalue weighted by molar-refractivity contribution is 0.262. The first kappa shape index (κ1) is 18.3. The molecule has 1 aliphatic heterocycles. The van der Waals surface area contributed by atoms with E-state index in [1.807, 2.05) is 6.92 Å². The van der Waals surface area contributed by atoms with Gasteiger partial charge in [-0.3, -0.25) is 0 Å².